The van der Waals surface area contributed by atoms with Crippen LogP contribution in [0.2, 0.25) is 0 Å². The lowest BCUT2D eigenvalue weighted by atomic mass is 10.1. The molecule has 2 N–H and O–H groups in total. The van der Waals surface area contributed by atoms with E-state index in [1.807, 2.05) is 13.8 Å². The molecule has 2 heteroatoms. The van der Waals surface area contributed by atoms with Crippen LogP contribution in [0, 0.1) is 5.92 Å². The molecule has 0 unspecified atom stereocenters. The van der Waals surface area contributed by atoms with Gasteiger partial charge >= 0.3 is 0 Å². The zero-order chi connectivity index (χ0) is 7.40. The maximum absolute atomic E-state index is 3.46. The molecule has 2 fully saturated rings. The van der Waals surface area contributed by atoms with E-state index >= 15 is 0 Å². The smallest absolute Gasteiger partial charge is 0.0233 e. The van der Waals surface area contributed by atoms with Crippen molar-refractivity contribution in [3.63, 3.8) is 0 Å². The molecule has 0 saturated carbocycles. The van der Waals surface area contributed by atoms with E-state index in [-0.39, 0.29) is 0 Å². The highest BCUT2D eigenvalue weighted by atomic mass is 15.1. The molecule has 2 atom stereocenters. The maximum Gasteiger partial charge on any atom is 0.0233 e. The summed E-state index contributed by atoms with van der Waals surface area (Å²) in [4.78, 5) is 0. The van der Waals surface area contributed by atoms with Crippen LogP contribution in [0.3, 0.4) is 0 Å². The van der Waals surface area contributed by atoms with Crippen molar-refractivity contribution in [1.29, 1.82) is 0 Å². The molecule has 10 heavy (non-hydrogen) atoms. The minimum atomic E-state index is 0.815. The van der Waals surface area contributed by atoms with Gasteiger partial charge in [-0.2, -0.15) is 0 Å². The fourth-order valence-electron chi connectivity index (χ4n) is 1.73. The van der Waals surface area contributed by atoms with Gasteiger partial charge in [-0.15, -0.1) is 0 Å². The van der Waals surface area contributed by atoms with Gasteiger partial charge in [-0.1, -0.05) is 13.8 Å². The molecule has 0 aromatic rings. The summed E-state index contributed by atoms with van der Waals surface area (Å²) in [5.74, 6) is 0.954. The molecular weight excluding hydrogens is 124 g/mol. The van der Waals surface area contributed by atoms with Crippen LogP contribution >= 0.6 is 0 Å². The van der Waals surface area contributed by atoms with Gasteiger partial charge in [0.05, 0.1) is 0 Å². The van der Waals surface area contributed by atoms with Crippen molar-refractivity contribution in [2.45, 2.75) is 26.3 Å². The average Bonchev–Trinajstić information content (AvgIpc) is 2.49. The fraction of sp³-hybridized carbons (Fsp3) is 1.00. The Morgan fingerprint density at radius 2 is 2.00 bits per heavy atom. The molecule has 0 radical (unpaired) electrons. The fourth-order valence-corrected chi connectivity index (χ4v) is 1.73. The number of hydrogen-bond acceptors (Lipinski definition) is 2. The molecule has 2 rings (SSSR count). The Hall–Kier alpha value is -0.0800. The van der Waals surface area contributed by atoms with Gasteiger partial charge in [0.15, 0.2) is 0 Å². The van der Waals surface area contributed by atoms with Crippen LogP contribution in [-0.2, 0) is 0 Å². The SMILES string of the molecule is C1C[C@@H]2CNC[C@@H]2N1.CC. The van der Waals surface area contributed by atoms with Crippen LogP contribution in [-0.4, -0.2) is 25.7 Å². The lowest BCUT2D eigenvalue weighted by molar-refractivity contribution is 0.555. The van der Waals surface area contributed by atoms with E-state index in [0.717, 1.165) is 12.0 Å². The third kappa shape index (κ3) is 1.50. The predicted octanol–water partition coefficient (Wildman–Crippen LogP) is 0.594. The van der Waals surface area contributed by atoms with Crippen molar-refractivity contribution in [2.75, 3.05) is 19.6 Å². The summed E-state index contributed by atoms with van der Waals surface area (Å²) in [6, 6.07) is 0.815. The summed E-state index contributed by atoms with van der Waals surface area (Å²) < 4.78 is 0. The maximum atomic E-state index is 3.46. The molecule has 2 nitrogen and oxygen atoms in total. The second kappa shape index (κ2) is 3.94. The molecule has 2 aliphatic heterocycles. The molecule has 0 aliphatic carbocycles. The summed E-state index contributed by atoms with van der Waals surface area (Å²) in [5.41, 5.74) is 0. The number of nitrogens with one attached hydrogen (secondary N) is 2. The van der Waals surface area contributed by atoms with Crippen molar-refractivity contribution in [2.24, 2.45) is 5.92 Å². The van der Waals surface area contributed by atoms with Gasteiger partial charge in [-0.25, -0.2) is 0 Å². The van der Waals surface area contributed by atoms with Gasteiger partial charge in [0, 0.05) is 12.6 Å². The van der Waals surface area contributed by atoms with E-state index < -0.39 is 0 Å². The molecule has 0 aromatic carbocycles. The van der Waals surface area contributed by atoms with Crippen LogP contribution in [0.15, 0.2) is 0 Å². The van der Waals surface area contributed by atoms with Crippen molar-refractivity contribution in [3.05, 3.63) is 0 Å². The zero-order valence-corrected chi connectivity index (χ0v) is 6.98. The Bertz CT molecular complexity index is 73.3. The van der Waals surface area contributed by atoms with Crippen molar-refractivity contribution >= 4 is 0 Å². The molecular formula is C8H18N2. The lowest BCUT2D eigenvalue weighted by Gasteiger charge is -2.03. The molecule has 60 valence electrons. The van der Waals surface area contributed by atoms with Crippen LogP contribution in [0.5, 0.6) is 0 Å². The summed E-state index contributed by atoms with van der Waals surface area (Å²) in [7, 11) is 0. The summed E-state index contributed by atoms with van der Waals surface area (Å²) in [5, 5.41) is 6.82. The van der Waals surface area contributed by atoms with Gasteiger partial charge in [-0.05, 0) is 25.4 Å². The topological polar surface area (TPSA) is 24.1 Å². The van der Waals surface area contributed by atoms with Crippen molar-refractivity contribution in [3.8, 4) is 0 Å². The molecule has 0 spiro atoms. The molecule has 0 aromatic heterocycles. The third-order valence-electron chi connectivity index (χ3n) is 2.26. The third-order valence-corrected chi connectivity index (χ3v) is 2.26. The normalized spacial score (nSPS) is 36.6. The quantitative estimate of drug-likeness (QED) is 0.517. The first-order valence-electron chi connectivity index (χ1n) is 4.41. The summed E-state index contributed by atoms with van der Waals surface area (Å²) >= 11 is 0. The highest BCUT2D eigenvalue weighted by Gasteiger charge is 2.30. The lowest BCUT2D eigenvalue weighted by Crippen LogP contribution is -2.27. The molecule has 0 bridgehead atoms. The first kappa shape index (κ1) is 8.02. The Morgan fingerprint density at radius 3 is 2.70 bits per heavy atom. The molecule has 2 saturated heterocycles. The van der Waals surface area contributed by atoms with E-state index in [1.54, 1.807) is 0 Å². The molecule has 0 amide bonds. The highest BCUT2D eigenvalue weighted by Crippen LogP contribution is 2.17. The minimum absolute atomic E-state index is 0.815. The monoisotopic (exact) mass is 142 g/mol. The second-order valence-electron chi connectivity index (χ2n) is 2.77. The van der Waals surface area contributed by atoms with Crippen LogP contribution < -0.4 is 10.6 Å². The van der Waals surface area contributed by atoms with Crippen LogP contribution in [0.4, 0.5) is 0 Å². The Balaban J connectivity index is 0.000000231. The van der Waals surface area contributed by atoms with E-state index in [9.17, 15) is 0 Å². The van der Waals surface area contributed by atoms with Crippen molar-refractivity contribution in [1.82, 2.24) is 10.6 Å². The van der Waals surface area contributed by atoms with Crippen LogP contribution in [0.1, 0.15) is 20.3 Å². The number of hydrogen-bond donors (Lipinski definition) is 2. The van der Waals surface area contributed by atoms with E-state index in [2.05, 4.69) is 10.6 Å². The Labute approximate surface area is 63.4 Å². The first-order valence-corrected chi connectivity index (χ1v) is 4.41. The van der Waals surface area contributed by atoms with E-state index in [0.29, 0.717) is 0 Å². The van der Waals surface area contributed by atoms with Gasteiger partial charge in [0.25, 0.3) is 0 Å². The standard InChI is InChI=1S/C6H12N2.C2H6/c1-2-8-6-4-7-3-5(1)6;1-2/h5-8H,1-4H2;1-2H3/t5-,6+;/m1./s1. The largest absolute Gasteiger partial charge is 0.315 e. The van der Waals surface area contributed by atoms with E-state index in [1.165, 1.54) is 26.1 Å². The van der Waals surface area contributed by atoms with Crippen LogP contribution in [0.25, 0.3) is 0 Å². The molecule has 2 heterocycles. The number of fused-ring (bicyclic) bond motifs is 1. The minimum Gasteiger partial charge on any atom is -0.315 e. The summed E-state index contributed by atoms with van der Waals surface area (Å²) in [6.07, 6.45) is 1.39. The zero-order valence-electron chi connectivity index (χ0n) is 6.98. The Kier molecular flexibility index (Phi) is 3.16. The number of rotatable bonds is 0. The Morgan fingerprint density at radius 1 is 1.20 bits per heavy atom. The predicted molar refractivity (Wildman–Crippen MR) is 44.1 cm³/mol. The second-order valence-corrected chi connectivity index (χ2v) is 2.77. The van der Waals surface area contributed by atoms with E-state index in [4.69, 9.17) is 0 Å². The average molecular weight is 142 g/mol. The van der Waals surface area contributed by atoms with Gasteiger partial charge in [0.2, 0.25) is 0 Å². The van der Waals surface area contributed by atoms with Gasteiger partial charge in [-0.3, -0.25) is 0 Å². The highest BCUT2D eigenvalue weighted by molar-refractivity contribution is 4.91. The van der Waals surface area contributed by atoms with Gasteiger partial charge < -0.3 is 10.6 Å². The van der Waals surface area contributed by atoms with Crippen molar-refractivity contribution < 1.29 is 0 Å². The first-order chi connectivity index (χ1) is 4.97. The molecule has 2 aliphatic rings. The van der Waals surface area contributed by atoms with Gasteiger partial charge in [0.1, 0.15) is 0 Å². The summed E-state index contributed by atoms with van der Waals surface area (Å²) in [6.45, 7) is 7.69.